The monoisotopic (exact) mass is 749 g/mol. The lowest BCUT2D eigenvalue weighted by molar-refractivity contribution is -0.161. The van der Waals surface area contributed by atoms with Crippen molar-refractivity contribution >= 4 is 17.7 Å². The number of unbranched alkanes of at least 4 members (excludes halogenated alkanes) is 18. The lowest BCUT2D eigenvalue weighted by Crippen LogP contribution is -2.28. The Kier molecular flexibility index (Phi) is 30.8. The summed E-state index contributed by atoms with van der Waals surface area (Å²) in [7, 11) is 0. The molecule has 8 nitrogen and oxygen atoms in total. The standard InChI is InChI=1S/C45H80O8/c1-4-5-22-28-38(47)32-33-41-40(42(48)34-43(41)49)29-24-20-21-25-30-44(50)52-36-39(35-46)53-45(51)31-26-19-17-15-13-11-9-7-6-8-10-12-14-16-18-23-27-37(2)3/h20,24,32-33,37-41,43,46-47,49H,4-19,21-23,25-31,34-36H2,1-3H3/b24-20-,33-32+/t38-,39-,40+,41+,43+/m0/s1. The zero-order valence-corrected chi connectivity index (χ0v) is 34.2. The molecule has 0 radical (unpaired) electrons. The summed E-state index contributed by atoms with van der Waals surface area (Å²) in [6.07, 6.45) is 33.2. The Labute approximate surface area is 324 Å². The number of rotatable bonds is 35. The zero-order chi connectivity index (χ0) is 38.9. The molecule has 0 spiro atoms. The molecule has 3 N–H and O–H groups in total. The molecule has 0 aliphatic heterocycles. The molecule has 1 fully saturated rings. The summed E-state index contributed by atoms with van der Waals surface area (Å²) in [4.78, 5) is 36.9. The second-order valence-electron chi connectivity index (χ2n) is 16.0. The Bertz CT molecular complexity index is 976. The summed E-state index contributed by atoms with van der Waals surface area (Å²) in [6.45, 7) is 6.18. The van der Waals surface area contributed by atoms with Crippen LogP contribution in [-0.4, -0.2) is 64.6 Å². The van der Waals surface area contributed by atoms with E-state index in [9.17, 15) is 29.7 Å². The van der Waals surface area contributed by atoms with Crippen LogP contribution in [0.3, 0.4) is 0 Å². The van der Waals surface area contributed by atoms with Crippen molar-refractivity contribution in [2.45, 2.75) is 212 Å². The molecule has 0 bridgehead atoms. The van der Waals surface area contributed by atoms with E-state index in [1.807, 2.05) is 12.2 Å². The van der Waals surface area contributed by atoms with Crippen LogP contribution in [0.1, 0.15) is 194 Å². The van der Waals surface area contributed by atoms with Gasteiger partial charge in [0.05, 0.1) is 18.8 Å². The smallest absolute Gasteiger partial charge is 0.306 e. The first-order valence-corrected chi connectivity index (χ1v) is 21.9. The molecule has 53 heavy (non-hydrogen) atoms. The number of ketones is 1. The van der Waals surface area contributed by atoms with Crippen molar-refractivity contribution in [2.24, 2.45) is 17.8 Å². The van der Waals surface area contributed by atoms with E-state index in [4.69, 9.17) is 9.47 Å². The van der Waals surface area contributed by atoms with Gasteiger partial charge in [-0.25, -0.2) is 0 Å². The van der Waals surface area contributed by atoms with Gasteiger partial charge >= 0.3 is 11.9 Å². The number of allylic oxidation sites excluding steroid dienone is 2. The predicted molar refractivity (Wildman–Crippen MR) is 215 cm³/mol. The molecular formula is C45H80O8. The number of Topliss-reactive ketones (excluding diaryl/α,β-unsaturated/α-hetero) is 1. The molecule has 1 aliphatic rings. The van der Waals surface area contributed by atoms with Crippen molar-refractivity contribution in [2.75, 3.05) is 13.2 Å². The summed E-state index contributed by atoms with van der Waals surface area (Å²) in [6, 6.07) is 0. The van der Waals surface area contributed by atoms with Crippen molar-refractivity contribution in [1.82, 2.24) is 0 Å². The van der Waals surface area contributed by atoms with Gasteiger partial charge in [-0.3, -0.25) is 14.4 Å². The number of aliphatic hydroxyl groups is 3. The topological polar surface area (TPSA) is 130 Å². The molecule has 308 valence electrons. The summed E-state index contributed by atoms with van der Waals surface area (Å²) >= 11 is 0. The SMILES string of the molecule is CCCCC[C@H](O)/C=C/[C@H]1[C@H](O)CC(=O)[C@@H]1C/C=C\CCCC(=O)OC[C@H](CO)OC(=O)CCCCCCCCCCCCCCCCCCC(C)C. The normalized spacial score (nSPS) is 18.8. The van der Waals surface area contributed by atoms with Gasteiger partial charge in [0, 0.05) is 31.1 Å². The highest BCUT2D eigenvalue weighted by Crippen LogP contribution is 2.33. The van der Waals surface area contributed by atoms with Gasteiger partial charge in [0.15, 0.2) is 6.10 Å². The van der Waals surface area contributed by atoms with E-state index in [2.05, 4.69) is 20.8 Å². The number of aliphatic hydroxyl groups excluding tert-OH is 3. The summed E-state index contributed by atoms with van der Waals surface area (Å²) in [5.41, 5.74) is 0. The Morgan fingerprint density at radius 1 is 0.755 bits per heavy atom. The molecule has 0 aromatic heterocycles. The fourth-order valence-corrected chi connectivity index (χ4v) is 7.13. The summed E-state index contributed by atoms with van der Waals surface area (Å²) in [5.74, 6) is -0.521. The maximum absolute atomic E-state index is 12.5. The highest BCUT2D eigenvalue weighted by atomic mass is 16.6. The van der Waals surface area contributed by atoms with Crippen molar-refractivity contribution in [3.63, 3.8) is 0 Å². The van der Waals surface area contributed by atoms with Crippen LogP contribution in [0.4, 0.5) is 0 Å². The Hall–Kier alpha value is -2.03. The Balaban J connectivity index is 2.05. The number of esters is 2. The Morgan fingerprint density at radius 2 is 1.30 bits per heavy atom. The zero-order valence-electron chi connectivity index (χ0n) is 34.2. The lowest BCUT2D eigenvalue weighted by Gasteiger charge is -2.16. The van der Waals surface area contributed by atoms with Crippen LogP contribution in [-0.2, 0) is 23.9 Å². The van der Waals surface area contributed by atoms with Crippen molar-refractivity contribution < 1.29 is 39.2 Å². The number of carbonyl (C=O) groups excluding carboxylic acids is 3. The fraction of sp³-hybridized carbons (Fsp3) is 0.844. The number of carbonyl (C=O) groups is 3. The first kappa shape index (κ1) is 49.0. The number of hydrogen-bond acceptors (Lipinski definition) is 8. The molecule has 0 aromatic carbocycles. The largest absolute Gasteiger partial charge is 0.462 e. The molecule has 0 unspecified atom stereocenters. The van der Waals surface area contributed by atoms with Crippen LogP contribution >= 0.6 is 0 Å². The van der Waals surface area contributed by atoms with E-state index in [0.29, 0.717) is 32.1 Å². The third-order valence-corrected chi connectivity index (χ3v) is 10.5. The van der Waals surface area contributed by atoms with Gasteiger partial charge in [-0.2, -0.15) is 0 Å². The van der Waals surface area contributed by atoms with Crippen LogP contribution in [0.2, 0.25) is 0 Å². The van der Waals surface area contributed by atoms with Crippen molar-refractivity contribution in [1.29, 1.82) is 0 Å². The molecule has 0 aromatic rings. The lowest BCUT2D eigenvalue weighted by atomic mass is 9.90. The van der Waals surface area contributed by atoms with E-state index in [1.165, 1.54) is 89.9 Å². The number of ether oxygens (including phenoxy) is 2. The molecule has 0 heterocycles. The molecule has 1 saturated carbocycles. The van der Waals surface area contributed by atoms with E-state index in [-0.39, 0.29) is 43.0 Å². The highest BCUT2D eigenvalue weighted by Gasteiger charge is 2.39. The van der Waals surface area contributed by atoms with Crippen LogP contribution in [0, 0.1) is 17.8 Å². The molecule has 1 aliphatic carbocycles. The second-order valence-corrected chi connectivity index (χ2v) is 16.0. The van der Waals surface area contributed by atoms with Crippen molar-refractivity contribution in [3.8, 4) is 0 Å². The first-order valence-electron chi connectivity index (χ1n) is 21.9. The van der Waals surface area contributed by atoms with Crippen LogP contribution in [0.25, 0.3) is 0 Å². The van der Waals surface area contributed by atoms with Crippen LogP contribution in [0.15, 0.2) is 24.3 Å². The van der Waals surface area contributed by atoms with Gasteiger partial charge in [0.1, 0.15) is 12.4 Å². The van der Waals surface area contributed by atoms with Crippen molar-refractivity contribution in [3.05, 3.63) is 24.3 Å². The first-order chi connectivity index (χ1) is 25.7. The molecule has 5 atom stereocenters. The van der Waals surface area contributed by atoms with Gasteiger partial charge in [0.2, 0.25) is 0 Å². The van der Waals surface area contributed by atoms with E-state index in [0.717, 1.165) is 44.4 Å². The van der Waals surface area contributed by atoms with Gasteiger partial charge in [-0.1, -0.05) is 167 Å². The number of hydrogen-bond donors (Lipinski definition) is 3. The van der Waals surface area contributed by atoms with Crippen LogP contribution < -0.4 is 0 Å². The summed E-state index contributed by atoms with van der Waals surface area (Å²) in [5, 5.41) is 30.2. The van der Waals surface area contributed by atoms with Gasteiger partial charge in [-0.05, 0) is 38.0 Å². The third kappa shape index (κ3) is 27.2. The minimum Gasteiger partial charge on any atom is -0.462 e. The fourth-order valence-electron chi connectivity index (χ4n) is 7.13. The maximum atomic E-state index is 12.5. The maximum Gasteiger partial charge on any atom is 0.306 e. The quantitative estimate of drug-likeness (QED) is 0.0332. The van der Waals surface area contributed by atoms with Gasteiger partial charge < -0.3 is 24.8 Å². The van der Waals surface area contributed by atoms with E-state index >= 15 is 0 Å². The average Bonchev–Trinajstić information content (AvgIpc) is 3.40. The average molecular weight is 749 g/mol. The summed E-state index contributed by atoms with van der Waals surface area (Å²) < 4.78 is 10.6. The molecule has 0 amide bonds. The second kappa shape index (κ2) is 33.3. The predicted octanol–water partition coefficient (Wildman–Crippen LogP) is 10.3. The third-order valence-electron chi connectivity index (χ3n) is 10.5. The van der Waals surface area contributed by atoms with Gasteiger partial charge in [-0.15, -0.1) is 0 Å². The van der Waals surface area contributed by atoms with Gasteiger partial charge in [0.25, 0.3) is 0 Å². The Morgan fingerprint density at radius 3 is 1.87 bits per heavy atom. The van der Waals surface area contributed by atoms with Crippen LogP contribution in [0.5, 0.6) is 0 Å². The van der Waals surface area contributed by atoms with E-state index < -0.39 is 30.9 Å². The highest BCUT2D eigenvalue weighted by molar-refractivity contribution is 5.84. The van der Waals surface area contributed by atoms with E-state index in [1.54, 1.807) is 12.2 Å². The molecule has 1 rings (SSSR count). The molecule has 8 heteroatoms. The minimum atomic E-state index is -0.857. The molecule has 0 saturated heterocycles. The minimum absolute atomic E-state index is 0.0326. The molecular weight excluding hydrogens is 668 g/mol.